The first-order valence-corrected chi connectivity index (χ1v) is 12.6. The lowest BCUT2D eigenvalue weighted by molar-refractivity contribution is -0.136. The number of benzene rings is 2. The normalized spacial score (nSPS) is 20.8. The van der Waals surface area contributed by atoms with Crippen molar-refractivity contribution >= 4 is 46.7 Å². The Balaban J connectivity index is 1.34. The Morgan fingerprint density at radius 2 is 1.89 bits per heavy atom. The number of hydrogen-bond donors (Lipinski definition) is 1. The molecule has 2 aromatic carbocycles. The summed E-state index contributed by atoms with van der Waals surface area (Å²) in [6, 6.07) is 11.3. The highest BCUT2D eigenvalue weighted by Crippen LogP contribution is 2.35. The molecule has 5 rings (SSSR count). The van der Waals surface area contributed by atoms with Crippen molar-refractivity contribution in [2.45, 2.75) is 37.4 Å². The number of morpholine rings is 1. The second-order valence-corrected chi connectivity index (χ2v) is 10.3. The molecule has 2 saturated heterocycles. The number of carbonyl (C=O) groups excluding carboxylic acids is 3. The second kappa shape index (κ2) is 9.79. The number of amides is 3. The quantitative estimate of drug-likeness (QED) is 0.377. The summed E-state index contributed by atoms with van der Waals surface area (Å²) in [5.41, 5.74) is 4.82. The molecule has 3 aliphatic rings. The van der Waals surface area contributed by atoms with Crippen LogP contribution >= 0.6 is 0 Å². The molecule has 184 valence electrons. The summed E-state index contributed by atoms with van der Waals surface area (Å²) in [4.78, 5) is 41.1. The van der Waals surface area contributed by atoms with Crippen molar-refractivity contribution in [1.29, 1.82) is 0 Å². The Hall–Kier alpha value is -3.04. The maximum Gasteiger partial charge on any atom is 0.255 e. The Bertz CT molecular complexity index is 1220. The van der Waals surface area contributed by atoms with Crippen LogP contribution in [0.15, 0.2) is 36.4 Å². The minimum Gasteiger partial charge on any atom is -0.501 e. The second-order valence-electron chi connectivity index (χ2n) is 10.3. The molecular weight excluding hydrogens is 455 g/mol. The fourth-order valence-corrected chi connectivity index (χ4v) is 5.50. The van der Waals surface area contributed by atoms with Gasteiger partial charge in [-0.15, -0.1) is 0 Å². The van der Waals surface area contributed by atoms with Crippen molar-refractivity contribution in [2.24, 2.45) is 0 Å². The maximum absolute atomic E-state index is 13.2. The van der Waals surface area contributed by atoms with Crippen molar-refractivity contribution in [1.82, 2.24) is 15.1 Å². The molecule has 0 spiro atoms. The van der Waals surface area contributed by atoms with Gasteiger partial charge in [0.1, 0.15) is 19.6 Å². The third-order valence-corrected chi connectivity index (χ3v) is 7.35. The lowest BCUT2D eigenvalue weighted by atomic mass is 9.58. The van der Waals surface area contributed by atoms with Crippen molar-refractivity contribution < 1.29 is 23.9 Å². The first kappa shape index (κ1) is 24.7. The van der Waals surface area contributed by atoms with Crippen LogP contribution < -0.4 is 15.5 Å². The molecule has 0 radical (unpaired) electrons. The molecule has 2 aromatic rings. The zero-order chi connectivity index (χ0) is 25.4. The van der Waals surface area contributed by atoms with Crippen molar-refractivity contribution in [3.8, 4) is 5.75 Å². The van der Waals surface area contributed by atoms with E-state index in [9.17, 15) is 14.4 Å². The Morgan fingerprint density at radius 1 is 1.11 bits per heavy atom. The van der Waals surface area contributed by atoms with E-state index >= 15 is 0 Å². The van der Waals surface area contributed by atoms with Gasteiger partial charge in [-0.2, -0.15) is 0 Å². The molecule has 3 amide bonds. The molecule has 36 heavy (non-hydrogen) atoms. The van der Waals surface area contributed by atoms with Crippen LogP contribution in [-0.2, 0) is 32.8 Å². The minimum absolute atomic E-state index is 0.202. The van der Waals surface area contributed by atoms with E-state index in [-0.39, 0.29) is 24.8 Å². The standard InChI is InChI=1S/C25H30B3N3O5/c26-19-12-15(13-30-8-10-35-11-9-30)4-5-18(19)25(27,28)36-21-3-1-2-16-17(21)14-31(24(16)34)20-6-7-22(32)29-23(20)33/h1-5,12,20H,6-11,13-14,26-28H2,(H,29,32,33). The Morgan fingerprint density at radius 3 is 2.61 bits per heavy atom. The lowest BCUT2D eigenvalue weighted by Crippen LogP contribution is -2.52. The highest BCUT2D eigenvalue weighted by atomic mass is 16.5. The van der Waals surface area contributed by atoms with E-state index in [0.29, 0.717) is 17.7 Å². The molecule has 0 aromatic heterocycles. The zero-order valence-electron chi connectivity index (χ0n) is 21.1. The summed E-state index contributed by atoms with van der Waals surface area (Å²) >= 11 is 0. The monoisotopic (exact) mass is 485 g/mol. The van der Waals surface area contributed by atoms with E-state index in [1.165, 1.54) is 5.56 Å². The molecule has 1 unspecified atom stereocenters. The molecule has 11 heteroatoms. The van der Waals surface area contributed by atoms with Gasteiger partial charge in [0.05, 0.1) is 25.2 Å². The van der Waals surface area contributed by atoms with Gasteiger partial charge < -0.3 is 14.4 Å². The summed E-state index contributed by atoms with van der Waals surface area (Å²) in [6.07, 6.45) is 0.565. The first-order chi connectivity index (χ1) is 17.2. The summed E-state index contributed by atoms with van der Waals surface area (Å²) in [5.74, 6) is -0.274. The van der Waals surface area contributed by atoms with E-state index in [1.807, 2.05) is 27.8 Å². The summed E-state index contributed by atoms with van der Waals surface area (Å²) < 4.78 is 12.0. The lowest BCUT2D eigenvalue weighted by Gasteiger charge is -2.32. The SMILES string of the molecule is Bc1cc(CN2CCOCC2)ccc1C(B)(B)Oc1cccc2c1CN(C1CCC(=O)NC1=O)C2=O. The Labute approximate surface area is 213 Å². The van der Waals surface area contributed by atoms with Crippen LogP contribution in [-0.4, -0.2) is 83.4 Å². The molecule has 2 fully saturated rings. The van der Waals surface area contributed by atoms with Crippen molar-refractivity contribution in [3.05, 3.63) is 58.7 Å². The fourth-order valence-electron chi connectivity index (χ4n) is 5.50. The molecule has 1 atom stereocenters. The van der Waals surface area contributed by atoms with E-state index in [1.54, 1.807) is 11.0 Å². The highest BCUT2D eigenvalue weighted by molar-refractivity contribution is 6.42. The number of nitrogens with zero attached hydrogens (tertiary/aromatic N) is 2. The van der Waals surface area contributed by atoms with Crippen LogP contribution in [0.25, 0.3) is 0 Å². The minimum atomic E-state index is -0.648. The van der Waals surface area contributed by atoms with Gasteiger partial charge in [0, 0.05) is 37.2 Å². The van der Waals surface area contributed by atoms with Gasteiger partial charge in [0.25, 0.3) is 5.91 Å². The van der Waals surface area contributed by atoms with Crippen LogP contribution in [0, 0.1) is 0 Å². The average molecular weight is 485 g/mol. The Kier molecular flexibility index (Phi) is 6.70. The smallest absolute Gasteiger partial charge is 0.255 e. The van der Waals surface area contributed by atoms with Gasteiger partial charge in [-0.1, -0.05) is 29.7 Å². The van der Waals surface area contributed by atoms with Crippen LogP contribution in [0.3, 0.4) is 0 Å². The van der Waals surface area contributed by atoms with Gasteiger partial charge >= 0.3 is 0 Å². The number of rotatable bonds is 6. The topological polar surface area (TPSA) is 88.2 Å². The van der Waals surface area contributed by atoms with E-state index in [2.05, 4.69) is 36.3 Å². The molecule has 0 saturated carbocycles. The number of fused-ring (bicyclic) bond motifs is 1. The van der Waals surface area contributed by atoms with Crippen LogP contribution in [0.5, 0.6) is 5.75 Å². The van der Waals surface area contributed by atoms with Crippen molar-refractivity contribution in [2.75, 3.05) is 26.3 Å². The molecule has 0 bridgehead atoms. The van der Waals surface area contributed by atoms with Gasteiger partial charge in [0.15, 0.2) is 15.7 Å². The number of hydrogen-bond acceptors (Lipinski definition) is 6. The van der Waals surface area contributed by atoms with Gasteiger partial charge in [0.2, 0.25) is 11.8 Å². The number of nitrogens with one attached hydrogen (secondary N) is 1. The number of imide groups is 1. The molecule has 0 aliphatic carbocycles. The van der Waals surface area contributed by atoms with Crippen LogP contribution in [0.4, 0.5) is 0 Å². The fraction of sp³-hybridized carbons (Fsp3) is 0.400. The largest absolute Gasteiger partial charge is 0.501 e. The number of ether oxygens (including phenoxy) is 2. The summed E-state index contributed by atoms with van der Waals surface area (Å²) in [5, 5.41) is 1.71. The van der Waals surface area contributed by atoms with Gasteiger partial charge in [-0.05, 0) is 29.7 Å². The molecular formula is C25H30B3N3O5. The average Bonchev–Trinajstić information content (AvgIpc) is 3.17. The predicted octanol–water partition coefficient (Wildman–Crippen LogP) is -2.01. The number of piperidine rings is 1. The van der Waals surface area contributed by atoms with E-state index < -0.39 is 17.3 Å². The summed E-state index contributed by atoms with van der Waals surface area (Å²) in [6.45, 7) is 4.64. The van der Waals surface area contributed by atoms with Crippen LogP contribution in [0.1, 0.15) is 39.9 Å². The van der Waals surface area contributed by atoms with Crippen LogP contribution in [0.2, 0.25) is 0 Å². The molecule has 8 nitrogen and oxygen atoms in total. The molecule has 3 aliphatic heterocycles. The summed E-state index contributed by atoms with van der Waals surface area (Å²) in [7, 11) is 6.17. The third kappa shape index (κ3) is 4.82. The molecule has 1 N–H and O–H groups in total. The van der Waals surface area contributed by atoms with Gasteiger partial charge in [-0.25, -0.2) is 0 Å². The number of carbonyl (C=O) groups is 3. The third-order valence-electron chi connectivity index (χ3n) is 7.35. The maximum atomic E-state index is 13.2. The van der Waals surface area contributed by atoms with Crippen molar-refractivity contribution in [3.63, 3.8) is 0 Å². The molecule has 3 heterocycles. The van der Waals surface area contributed by atoms with E-state index in [0.717, 1.165) is 49.4 Å². The van der Waals surface area contributed by atoms with Gasteiger partial charge in [-0.3, -0.25) is 24.6 Å². The first-order valence-electron chi connectivity index (χ1n) is 12.6. The predicted molar refractivity (Wildman–Crippen MR) is 143 cm³/mol. The highest BCUT2D eigenvalue weighted by Gasteiger charge is 2.40. The zero-order valence-corrected chi connectivity index (χ0v) is 21.1. The van der Waals surface area contributed by atoms with E-state index in [4.69, 9.17) is 9.47 Å².